The Balaban J connectivity index is 1.46. The summed E-state index contributed by atoms with van der Waals surface area (Å²) in [4.78, 5) is 31.6. The summed E-state index contributed by atoms with van der Waals surface area (Å²) in [5.41, 5.74) is 4.25. The number of aryl methyl sites for hydroxylation is 2. The van der Waals surface area contributed by atoms with Crippen molar-refractivity contribution >= 4 is 17.5 Å². The quantitative estimate of drug-likeness (QED) is 0.746. The van der Waals surface area contributed by atoms with Gasteiger partial charge in [-0.3, -0.25) is 19.4 Å². The Labute approximate surface area is 185 Å². The molecule has 1 N–H and O–H groups in total. The second kappa shape index (κ2) is 10.6. The molecule has 1 unspecified atom stereocenters. The molecule has 1 saturated heterocycles. The zero-order valence-corrected chi connectivity index (χ0v) is 19.1. The molecule has 1 heterocycles. The molecule has 0 aliphatic carbocycles. The van der Waals surface area contributed by atoms with Crippen LogP contribution in [-0.4, -0.2) is 72.3 Å². The minimum absolute atomic E-state index is 0.0771. The van der Waals surface area contributed by atoms with Crippen LogP contribution in [0.2, 0.25) is 0 Å². The SMILES string of the molecule is Cc1ccc(C)c(NC(=O)C(C)N(C)CC(=O)N2CCN(Cc3ccccc3)CC2)c1. The fourth-order valence-electron chi connectivity index (χ4n) is 3.76. The van der Waals surface area contributed by atoms with E-state index in [-0.39, 0.29) is 18.4 Å². The Morgan fingerprint density at radius 1 is 1.03 bits per heavy atom. The number of carbonyl (C=O) groups excluding carboxylic acids is 2. The van der Waals surface area contributed by atoms with Crippen LogP contribution in [0.3, 0.4) is 0 Å². The van der Waals surface area contributed by atoms with Gasteiger partial charge >= 0.3 is 0 Å². The second-order valence-corrected chi connectivity index (χ2v) is 8.54. The molecule has 2 aromatic carbocycles. The number of likely N-dealkylation sites (N-methyl/N-ethyl adjacent to an activating group) is 1. The zero-order valence-electron chi connectivity index (χ0n) is 19.1. The van der Waals surface area contributed by atoms with Crippen LogP contribution in [0.15, 0.2) is 48.5 Å². The predicted octanol–water partition coefficient (Wildman–Crippen LogP) is 2.91. The third-order valence-corrected chi connectivity index (χ3v) is 6.05. The van der Waals surface area contributed by atoms with Crippen LogP contribution >= 0.6 is 0 Å². The number of hydrogen-bond donors (Lipinski definition) is 1. The van der Waals surface area contributed by atoms with Crippen molar-refractivity contribution < 1.29 is 9.59 Å². The molecule has 6 heteroatoms. The number of nitrogens with zero attached hydrogens (tertiary/aromatic N) is 3. The van der Waals surface area contributed by atoms with E-state index in [9.17, 15) is 9.59 Å². The van der Waals surface area contributed by atoms with E-state index >= 15 is 0 Å². The average Bonchev–Trinajstić information content (AvgIpc) is 2.76. The van der Waals surface area contributed by atoms with E-state index in [4.69, 9.17) is 0 Å². The third-order valence-electron chi connectivity index (χ3n) is 6.05. The summed E-state index contributed by atoms with van der Waals surface area (Å²) in [6.07, 6.45) is 0. The van der Waals surface area contributed by atoms with Gasteiger partial charge in [0.1, 0.15) is 0 Å². The first-order valence-electron chi connectivity index (χ1n) is 11.0. The Bertz CT molecular complexity index is 892. The predicted molar refractivity (Wildman–Crippen MR) is 125 cm³/mol. The molecule has 2 amide bonds. The van der Waals surface area contributed by atoms with Gasteiger partial charge in [0.2, 0.25) is 11.8 Å². The molecule has 1 atom stereocenters. The highest BCUT2D eigenvalue weighted by Gasteiger charge is 2.25. The molecule has 3 rings (SSSR count). The van der Waals surface area contributed by atoms with Crippen LogP contribution in [0.5, 0.6) is 0 Å². The highest BCUT2D eigenvalue weighted by atomic mass is 16.2. The van der Waals surface area contributed by atoms with Crippen LogP contribution in [0.4, 0.5) is 5.69 Å². The van der Waals surface area contributed by atoms with E-state index in [0.717, 1.165) is 49.5 Å². The normalized spacial score (nSPS) is 15.7. The highest BCUT2D eigenvalue weighted by molar-refractivity contribution is 5.95. The van der Waals surface area contributed by atoms with Gasteiger partial charge in [0.25, 0.3) is 0 Å². The van der Waals surface area contributed by atoms with Gasteiger partial charge in [0, 0.05) is 38.4 Å². The van der Waals surface area contributed by atoms with Crippen molar-refractivity contribution in [3.8, 4) is 0 Å². The van der Waals surface area contributed by atoms with Crippen LogP contribution in [0.25, 0.3) is 0 Å². The van der Waals surface area contributed by atoms with E-state index in [1.54, 1.807) is 0 Å². The van der Waals surface area contributed by atoms with Gasteiger partial charge in [-0.2, -0.15) is 0 Å². The van der Waals surface area contributed by atoms with Crippen molar-refractivity contribution in [2.45, 2.75) is 33.4 Å². The highest BCUT2D eigenvalue weighted by Crippen LogP contribution is 2.17. The van der Waals surface area contributed by atoms with Crippen LogP contribution in [0.1, 0.15) is 23.6 Å². The summed E-state index contributed by atoms with van der Waals surface area (Å²) in [5.74, 6) is -0.0232. The fourth-order valence-corrected chi connectivity index (χ4v) is 3.76. The molecule has 0 saturated carbocycles. The fraction of sp³-hybridized carbons (Fsp3) is 0.440. The van der Waals surface area contributed by atoms with Crippen molar-refractivity contribution in [2.75, 3.05) is 45.1 Å². The Hall–Kier alpha value is -2.70. The Morgan fingerprint density at radius 3 is 2.39 bits per heavy atom. The summed E-state index contributed by atoms with van der Waals surface area (Å²) in [5, 5.41) is 3.00. The monoisotopic (exact) mass is 422 g/mol. The molecule has 2 aromatic rings. The number of rotatable bonds is 7. The van der Waals surface area contributed by atoms with Crippen LogP contribution < -0.4 is 5.32 Å². The van der Waals surface area contributed by atoms with Crippen molar-refractivity contribution in [2.24, 2.45) is 0 Å². The van der Waals surface area contributed by atoms with Gasteiger partial charge in [-0.05, 0) is 50.6 Å². The van der Waals surface area contributed by atoms with Gasteiger partial charge in [-0.25, -0.2) is 0 Å². The van der Waals surface area contributed by atoms with Gasteiger partial charge < -0.3 is 10.2 Å². The van der Waals surface area contributed by atoms with Crippen molar-refractivity contribution in [1.82, 2.24) is 14.7 Å². The number of hydrogen-bond acceptors (Lipinski definition) is 4. The van der Waals surface area contributed by atoms with E-state index in [1.165, 1.54) is 5.56 Å². The summed E-state index contributed by atoms with van der Waals surface area (Å²) in [6.45, 7) is 10.2. The number of carbonyl (C=O) groups is 2. The summed E-state index contributed by atoms with van der Waals surface area (Å²) in [7, 11) is 1.83. The molecular weight excluding hydrogens is 388 g/mol. The maximum atomic E-state index is 12.8. The third kappa shape index (κ3) is 6.39. The van der Waals surface area contributed by atoms with Gasteiger partial charge in [-0.1, -0.05) is 42.5 Å². The smallest absolute Gasteiger partial charge is 0.241 e. The maximum absolute atomic E-state index is 12.8. The average molecular weight is 423 g/mol. The largest absolute Gasteiger partial charge is 0.339 e. The number of nitrogens with one attached hydrogen (secondary N) is 1. The molecule has 0 spiro atoms. The van der Waals surface area contributed by atoms with Gasteiger partial charge in [0.05, 0.1) is 12.6 Å². The topological polar surface area (TPSA) is 55.9 Å². The molecule has 1 fully saturated rings. The first-order chi connectivity index (χ1) is 14.8. The Kier molecular flexibility index (Phi) is 7.82. The molecule has 1 aliphatic heterocycles. The number of piperazine rings is 1. The lowest BCUT2D eigenvalue weighted by molar-refractivity contribution is -0.135. The molecular formula is C25H34N4O2. The van der Waals surface area contributed by atoms with Gasteiger partial charge in [-0.15, -0.1) is 0 Å². The summed E-state index contributed by atoms with van der Waals surface area (Å²) >= 11 is 0. The van der Waals surface area contributed by atoms with Gasteiger partial charge in [0.15, 0.2) is 0 Å². The van der Waals surface area contributed by atoms with E-state index in [0.29, 0.717) is 0 Å². The van der Waals surface area contributed by atoms with Crippen molar-refractivity contribution in [3.05, 3.63) is 65.2 Å². The molecule has 166 valence electrons. The zero-order chi connectivity index (χ0) is 22.4. The summed E-state index contributed by atoms with van der Waals surface area (Å²) in [6, 6.07) is 16.0. The first kappa shape index (κ1) is 23.0. The standard InChI is InChI=1S/C25H34N4O2/c1-19-10-11-20(2)23(16-19)26-25(31)21(3)27(4)18-24(30)29-14-12-28(13-15-29)17-22-8-6-5-7-9-22/h5-11,16,21H,12-15,17-18H2,1-4H3,(H,26,31). The van der Waals surface area contributed by atoms with Crippen molar-refractivity contribution in [3.63, 3.8) is 0 Å². The first-order valence-corrected chi connectivity index (χ1v) is 11.0. The number of amides is 2. The summed E-state index contributed by atoms with van der Waals surface area (Å²) < 4.78 is 0. The maximum Gasteiger partial charge on any atom is 0.241 e. The van der Waals surface area contributed by atoms with E-state index < -0.39 is 6.04 Å². The van der Waals surface area contributed by atoms with Crippen LogP contribution in [-0.2, 0) is 16.1 Å². The molecule has 31 heavy (non-hydrogen) atoms. The minimum atomic E-state index is -0.400. The Morgan fingerprint density at radius 2 is 1.71 bits per heavy atom. The van der Waals surface area contributed by atoms with Crippen molar-refractivity contribution in [1.29, 1.82) is 0 Å². The minimum Gasteiger partial charge on any atom is -0.339 e. The molecule has 0 radical (unpaired) electrons. The lowest BCUT2D eigenvalue weighted by Crippen LogP contribution is -2.52. The lowest BCUT2D eigenvalue weighted by atomic mass is 10.1. The second-order valence-electron chi connectivity index (χ2n) is 8.54. The number of anilines is 1. The van der Waals surface area contributed by atoms with E-state index in [2.05, 4.69) is 34.5 Å². The van der Waals surface area contributed by atoms with E-state index in [1.807, 2.05) is 61.9 Å². The molecule has 6 nitrogen and oxygen atoms in total. The molecule has 0 bridgehead atoms. The number of benzene rings is 2. The molecule has 1 aliphatic rings. The molecule has 0 aromatic heterocycles. The van der Waals surface area contributed by atoms with Crippen LogP contribution in [0, 0.1) is 13.8 Å². The lowest BCUT2D eigenvalue weighted by Gasteiger charge is -2.36.